The van der Waals surface area contributed by atoms with E-state index in [9.17, 15) is 0 Å². The second kappa shape index (κ2) is 9.59. The number of benzene rings is 4. The molecular weight excluding hydrogens is 521 g/mol. The Morgan fingerprint density at radius 3 is 0.793 bits per heavy atom. The molecule has 0 aromatic heterocycles. The summed E-state index contributed by atoms with van der Waals surface area (Å²) >= 11 is 10.9. The molecule has 0 nitrogen and oxygen atoms in total. The zero-order valence-electron chi connectivity index (χ0n) is 15.7. The van der Waals surface area contributed by atoms with Crippen molar-refractivity contribution in [2.75, 3.05) is 0 Å². The van der Waals surface area contributed by atoms with Crippen LogP contribution in [-0.2, 0) is 0 Å². The molecule has 0 radical (unpaired) electrons. The van der Waals surface area contributed by atoms with Gasteiger partial charge in [0.15, 0.2) is 0 Å². The van der Waals surface area contributed by atoms with E-state index in [-0.39, 0.29) is 0 Å². The van der Waals surface area contributed by atoms with E-state index in [1.54, 1.807) is 0 Å². The molecular formula is C25H20As2Cl2. The van der Waals surface area contributed by atoms with Crippen molar-refractivity contribution in [3.05, 3.63) is 121 Å². The molecule has 0 bridgehead atoms. The normalized spacial score (nSPS) is 11.7. The second-order valence-electron chi connectivity index (χ2n) is 6.52. The van der Waals surface area contributed by atoms with Crippen LogP contribution in [0.25, 0.3) is 0 Å². The van der Waals surface area contributed by atoms with Gasteiger partial charge in [-0.15, -0.1) is 0 Å². The van der Waals surface area contributed by atoms with Gasteiger partial charge in [0.25, 0.3) is 0 Å². The van der Waals surface area contributed by atoms with E-state index in [0.29, 0.717) is 0 Å². The van der Waals surface area contributed by atoms with Crippen LogP contribution >= 0.6 is 23.2 Å². The van der Waals surface area contributed by atoms with Crippen molar-refractivity contribution in [1.82, 2.24) is 0 Å². The molecule has 0 aliphatic carbocycles. The molecule has 4 rings (SSSR count). The Balaban J connectivity index is 1.91. The van der Waals surface area contributed by atoms with Crippen LogP contribution < -0.4 is 17.4 Å². The van der Waals surface area contributed by atoms with Crippen molar-refractivity contribution in [3.8, 4) is 0 Å². The molecule has 0 heterocycles. The minimum absolute atomic E-state index is 0.814. The first-order chi connectivity index (χ1) is 14.2. The first-order valence-corrected chi connectivity index (χ1v) is 15.7. The summed E-state index contributed by atoms with van der Waals surface area (Å²) in [6.45, 7) is 0. The zero-order valence-corrected chi connectivity index (χ0v) is 21.0. The summed E-state index contributed by atoms with van der Waals surface area (Å²) in [7, 11) is 0. The molecule has 0 unspecified atom stereocenters. The van der Waals surface area contributed by atoms with Crippen LogP contribution in [0, 0.1) is 0 Å². The van der Waals surface area contributed by atoms with Gasteiger partial charge in [-0.3, -0.25) is 0 Å². The molecule has 0 aliphatic heterocycles. The van der Waals surface area contributed by atoms with Gasteiger partial charge >= 0.3 is 193 Å². The van der Waals surface area contributed by atoms with E-state index >= 15 is 0 Å². The number of hydrogen-bond acceptors (Lipinski definition) is 0. The maximum atomic E-state index is 7.50. The Morgan fingerprint density at radius 2 is 0.586 bits per heavy atom. The summed E-state index contributed by atoms with van der Waals surface area (Å²) in [6, 6.07) is 42.4. The molecule has 4 aromatic carbocycles. The van der Waals surface area contributed by atoms with Crippen LogP contribution in [0.4, 0.5) is 0 Å². The van der Waals surface area contributed by atoms with Gasteiger partial charge in [0.2, 0.25) is 0 Å². The third kappa shape index (κ3) is 4.68. The van der Waals surface area contributed by atoms with Crippen molar-refractivity contribution in [1.29, 1.82) is 0 Å². The molecule has 0 saturated heterocycles. The Bertz CT molecular complexity index is 859. The van der Waals surface area contributed by atoms with Gasteiger partial charge in [-0.05, 0) is 0 Å². The Labute approximate surface area is 192 Å². The van der Waals surface area contributed by atoms with Gasteiger partial charge in [-0.1, -0.05) is 0 Å². The van der Waals surface area contributed by atoms with E-state index < -0.39 is 31.2 Å². The van der Waals surface area contributed by atoms with Crippen LogP contribution in [-0.4, -0.2) is 31.2 Å². The molecule has 4 aromatic rings. The summed E-state index contributed by atoms with van der Waals surface area (Å²) in [4.78, 5) is 0. The van der Waals surface area contributed by atoms with Gasteiger partial charge in [0.05, 0.1) is 0 Å². The average Bonchev–Trinajstić information content (AvgIpc) is 2.77. The fourth-order valence-corrected chi connectivity index (χ4v) is 22.8. The first kappa shape index (κ1) is 20.8. The Kier molecular flexibility index (Phi) is 6.89. The van der Waals surface area contributed by atoms with E-state index in [0.717, 1.165) is 0 Å². The molecule has 0 saturated carbocycles. The average molecular weight is 541 g/mol. The molecule has 0 N–H and O–H groups in total. The molecule has 4 heteroatoms. The van der Waals surface area contributed by atoms with Crippen LogP contribution in [0.1, 0.15) is 0 Å². The molecule has 144 valence electrons. The number of rotatable bonds is 6. The molecule has 0 fully saturated rings. The first-order valence-electron chi connectivity index (χ1n) is 9.36. The van der Waals surface area contributed by atoms with Crippen molar-refractivity contribution in [2.45, 2.75) is 1.91 Å². The van der Waals surface area contributed by atoms with Crippen molar-refractivity contribution in [3.63, 3.8) is 0 Å². The summed E-state index contributed by atoms with van der Waals surface area (Å²) in [5.41, 5.74) is 0. The summed E-state index contributed by atoms with van der Waals surface area (Å²) < 4.78 is 4.31. The minimum atomic E-state index is -2.05. The molecule has 0 spiro atoms. The van der Waals surface area contributed by atoms with Gasteiger partial charge in [-0.25, -0.2) is 0 Å². The van der Waals surface area contributed by atoms with Gasteiger partial charge in [0.1, 0.15) is 0 Å². The van der Waals surface area contributed by atoms with Gasteiger partial charge < -0.3 is 0 Å². The monoisotopic (exact) mass is 540 g/mol. The van der Waals surface area contributed by atoms with Crippen LogP contribution in [0.2, 0.25) is 0 Å². The fourth-order valence-electron chi connectivity index (χ4n) is 3.33. The van der Waals surface area contributed by atoms with E-state index in [4.69, 9.17) is 23.2 Å². The fraction of sp³-hybridized carbons (Fsp3) is 0.0400. The number of hydrogen-bond donors (Lipinski definition) is 0. The SMILES string of the molecule is ClC(Cl)([As](c1ccccc1)c1ccccc1)[As](c1ccccc1)c1ccccc1. The van der Waals surface area contributed by atoms with E-state index in [1.165, 1.54) is 17.4 Å². The summed E-state index contributed by atoms with van der Waals surface area (Å²) in [6.07, 6.45) is 0. The summed E-state index contributed by atoms with van der Waals surface area (Å²) in [5, 5.41) is 0. The molecule has 0 atom stereocenters. The maximum absolute atomic E-state index is 7.50. The predicted molar refractivity (Wildman–Crippen MR) is 130 cm³/mol. The standard InChI is InChI=1S/C25H20As2Cl2/c28-25(29,26(21-13-5-1-6-14-21)22-15-7-2-8-16-22)27(23-17-9-3-10-18-23)24-19-11-4-12-20-24/h1-20H. The Hall–Kier alpha value is -1.42. The number of halogens is 2. The quantitative estimate of drug-likeness (QED) is 0.257. The van der Waals surface area contributed by atoms with Gasteiger partial charge in [-0.2, -0.15) is 0 Å². The van der Waals surface area contributed by atoms with Crippen molar-refractivity contribution in [2.24, 2.45) is 0 Å². The molecule has 29 heavy (non-hydrogen) atoms. The second-order valence-corrected chi connectivity index (χ2v) is 21.8. The molecule has 0 aliphatic rings. The third-order valence-corrected chi connectivity index (χ3v) is 21.6. The molecule has 0 amide bonds. The third-order valence-electron chi connectivity index (χ3n) is 4.60. The van der Waals surface area contributed by atoms with Gasteiger partial charge in [0, 0.05) is 0 Å². The van der Waals surface area contributed by atoms with Crippen molar-refractivity contribution < 1.29 is 0 Å². The Morgan fingerprint density at radius 1 is 0.379 bits per heavy atom. The van der Waals surface area contributed by atoms with Crippen molar-refractivity contribution >= 4 is 69.9 Å². The zero-order chi connectivity index (χ0) is 20.1. The van der Waals surface area contributed by atoms with Crippen LogP contribution in [0.15, 0.2) is 121 Å². The van der Waals surface area contributed by atoms with E-state index in [1.807, 2.05) is 0 Å². The predicted octanol–water partition coefficient (Wildman–Crippen LogP) is 3.86. The van der Waals surface area contributed by atoms with Crippen LogP contribution in [0.3, 0.4) is 0 Å². The van der Waals surface area contributed by atoms with E-state index in [2.05, 4.69) is 121 Å². The summed E-state index contributed by atoms with van der Waals surface area (Å²) in [5.74, 6) is 0. The number of alkyl halides is 2. The topological polar surface area (TPSA) is 0 Å². The van der Waals surface area contributed by atoms with Crippen LogP contribution in [0.5, 0.6) is 0 Å².